The van der Waals surface area contributed by atoms with E-state index < -0.39 is 61.3 Å². The molecule has 12 nitrogen and oxygen atoms in total. The van der Waals surface area contributed by atoms with Crippen molar-refractivity contribution in [3.05, 3.63) is 59.7 Å². The highest BCUT2D eigenvalue weighted by molar-refractivity contribution is 6.06. The largest absolute Gasteiger partial charge is 0.462 e. The second-order valence-electron chi connectivity index (χ2n) is 9.57. The zero-order valence-corrected chi connectivity index (χ0v) is 21.5. The van der Waals surface area contributed by atoms with Crippen LogP contribution < -0.4 is 9.64 Å². The average molecular weight is 577 g/mol. The Morgan fingerprint density at radius 2 is 1.73 bits per heavy atom. The van der Waals surface area contributed by atoms with Gasteiger partial charge < -0.3 is 34.8 Å². The van der Waals surface area contributed by atoms with Crippen LogP contribution in [0.15, 0.2) is 63.6 Å². The van der Waals surface area contributed by atoms with Crippen molar-refractivity contribution in [2.75, 3.05) is 11.5 Å². The zero-order chi connectivity index (χ0) is 29.5. The van der Waals surface area contributed by atoms with Gasteiger partial charge in [0.15, 0.2) is 18.0 Å². The fraction of sp³-hybridized carbons (Fsp3) is 0.385. The van der Waals surface area contributed by atoms with E-state index in [0.29, 0.717) is 17.1 Å². The summed E-state index contributed by atoms with van der Waals surface area (Å²) in [4.78, 5) is 10.6. The van der Waals surface area contributed by atoms with Crippen LogP contribution in [0.5, 0.6) is 5.75 Å². The number of fused-ring (bicyclic) bond motifs is 1. The number of aliphatic hydroxyl groups is 4. The minimum absolute atomic E-state index is 0.0255. The van der Waals surface area contributed by atoms with Gasteiger partial charge in [-0.05, 0) is 61.0 Å². The number of rotatable bonds is 6. The third-order valence-electron chi connectivity index (χ3n) is 6.86. The van der Waals surface area contributed by atoms with E-state index in [0.717, 1.165) is 12.1 Å². The second-order valence-corrected chi connectivity index (χ2v) is 9.57. The van der Waals surface area contributed by atoms with Gasteiger partial charge in [-0.1, -0.05) is 0 Å². The van der Waals surface area contributed by atoms with Gasteiger partial charge in [-0.2, -0.15) is 18.3 Å². The average Bonchev–Trinajstić information content (AvgIpc) is 3.30. The predicted octanol–water partition coefficient (Wildman–Crippen LogP) is 1.17. The Kier molecular flexibility index (Phi) is 7.80. The van der Waals surface area contributed by atoms with Crippen LogP contribution in [0.3, 0.4) is 0 Å². The molecule has 41 heavy (non-hydrogen) atoms. The monoisotopic (exact) mass is 576 g/mol. The van der Waals surface area contributed by atoms with Crippen LogP contribution in [-0.4, -0.2) is 99.2 Å². The summed E-state index contributed by atoms with van der Waals surface area (Å²) in [7, 11) is 0. The maximum absolute atomic E-state index is 13.0. The Hall–Kier alpha value is -3.89. The Bertz CT molecular complexity index is 1350. The number of hydrazone groups is 1. The van der Waals surface area contributed by atoms with Gasteiger partial charge in [0, 0.05) is 5.69 Å². The number of hydrogen-bond donors (Lipinski definition) is 5. The fourth-order valence-corrected chi connectivity index (χ4v) is 4.65. The lowest BCUT2D eigenvalue weighted by Gasteiger charge is -2.39. The minimum Gasteiger partial charge on any atom is -0.462 e. The molecule has 7 atom stereocenters. The van der Waals surface area contributed by atoms with Gasteiger partial charge in [-0.15, -0.1) is 0 Å². The van der Waals surface area contributed by atoms with E-state index >= 15 is 0 Å². The van der Waals surface area contributed by atoms with Crippen LogP contribution in [0, 0.1) is 5.41 Å². The number of anilines is 1. The van der Waals surface area contributed by atoms with Crippen molar-refractivity contribution in [2.45, 2.75) is 56.0 Å². The van der Waals surface area contributed by atoms with E-state index in [1.54, 1.807) is 36.1 Å². The molecule has 218 valence electrons. The van der Waals surface area contributed by atoms with Gasteiger partial charge in [-0.25, -0.2) is 10.0 Å². The summed E-state index contributed by atoms with van der Waals surface area (Å²) < 4.78 is 49.8. The zero-order valence-electron chi connectivity index (χ0n) is 21.5. The number of nitrogens with zero attached hydrogens (tertiary/aromatic N) is 5. The molecule has 0 saturated carbocycles. The summed E-state index contributed by atoms with van der Waals surface area (Å²) in [6, 6.07) is 10.4. The molecule has 2 aromatic carbocycles. The van der Waals surface area contributed by atoms with E-state index in [4.69, 9.17) is 14.9 Å². The number of ether oxygens (including phenoxy) is 2. The Morgan fingerprint density at radius 1 is 1.05 bits per heavy atom. The lowest BCUT2D eigenvalue weighted by Crippen LogP contribution is -2.60. The standard InChI is InChI=1S/C26H27F3N6O6/c1-13-33-19-23(30)34(12-31-24(19)35(13)16-6-4-15(5-7-16)26(27,28)29)32-10-14-2-8-17(9-3-14)40-25-22(39)21(38)20(37)18(11-36)41-25/h2-10,12,18-22,24-25,30,36-39H,11H2,1H3/b30-23?,32-10-. The Morgan fingerprint density at radius 3 is 2.37 bits per heavy atom. The molecule has 0 spiro atoms. The quantitative estimate of drug-likeness (QED) is 0.320. The molecular weight excluding hydrogens is 549 g/mol. The molecular formula is C26H27F3N6O6. The molecule has 3 aliphatic rings. The maximum Gasteiger partial charge on any atom is 0.416 e. The first kappa shape index (κ1) is 28.6. The molecule has 15 heteroatoms. The number of benzene rings is 2. The number of hydrogen-bond acceptors (Lipinski definition) is 11. The molecule has 3 heterocycles. The molecule has 1 fully saturated rings. The first-order valence-electron chi connectivity index (χ1n) is 12.5. The molecule has 3 aliphatic heterocycles. The topological polar surface area (TPSA) is 167 Å². The van der Waals surface area contributed by atoms with Gasteiger partial charge in [-0.3, -0.25) is 10.4 Å². The Labute approximate surface area is 231 Å². The highest BCUT2D eigenvalue weighted by Gasteiger charge is 2.45. The van der Waals surface area contributed by atoms with Crippen molar-refractivity contribution in [1.82, 2.24) is 5.01 Å². The van der Waals surface area contributed by atoms with Crippen molar-refractivity contribution in [1.29, 1.82) is 5.41 Å². The number of halogens is 3. The first-order chi connectivity index (χ1) is 19.5. The summed E-state index contributed by atoms with van der Waals surface area (Å²) >= 11 is 0. The van der Waals surface area contributed by atoms with Crippen LogP contribution in [0.4, 0.5) is 18.9 Å². The van der Waals surface area contributed by atoms with Crippen LogP contribution in [0.1, 0.15) is 18.1 Å². The molecule has 5 rings (SSSR count). The van der Waals surface area contributed by atoms with E-state index in [9.17, 15) is 33.6 Å². The molecule has 7 unspecified atom stereocenters. The summed E-state index contributed by atoms with van der Waals surface area (Å²) in [6.45, 7) is 1.12. The maximum atomic E-state index is 13.0. The number of aliphatic imine (C=N–C) groups is 2. The normalized spacial score (nSPS) is 30.1. The number of alkyl halides is 3. The van der Waals surface area contributed by atoms with Gasteiger partial charge >= 0.3 is 6.18 Å². The molecule has 0 radical (unpaired) electrons. The van der Waals surface area contributed by atoms with Crippen LogP contribution in [-0.2, 0) is 10.9 Å². The van der Waals surface area contributed by atoms with Crippen molar-refractivity contribution in [3.63, 3.8) is 0 Å². The molecule has 0 aromatic heterocycles. The third-order valence-corrected chi connectivity index (χ3v) is 6.86. The number of amidine groups is 2. The third kappa shape index (κ3) is 5.67. The number of nitrogens with one attached hydrogen (secondary N) is 1. The lowest BCUT2D eigenvalue weighted by molar-refractivity contribution is -0.277. The highest BCUT2D eigenvalue weighted by Crippen LogP contribution is 2.34. The van der Waals surface area contributed by atoms with Crippen LogP contribution in [0.25, 0.3) is 0 Å². The SMILES string of the molecule is CC1=NC2C(=N)N(/N=C\c3ccc(OC4OC(CO)C(O)C(O)C4O)cc3)C=NC2N1c1ccc(C(F)(F)F)cc1. The lowest BCUT2D eigenvalue weighted by atomic mass is 9.99. The second kappa shape index (κ2) is 11.2. The first-order valence-corrected chi connectivity index (χ1v) is 12.5. The van der Waals surface area contributed by atoms with Gasteiger partial charge in [0.2, 0.25) is 6.29 Å². The smallest absolute Gasteiger partial charge is 0.416 e. The van der Waals surface area contributed by atoms with Crippen LogP contribution >= 0.6 is 0 Å². The fourth-order valence-electron chi connectivity index (χ4n) is 4.65. The van der Waals surface area contributed by atoms with Crippen molar-refractivity contribution in [2.24, 2.45) is 15.1 Å². The van der Waals surface area contributed by atoms with E-state index in [1.807, 2.05) is 0 Å². The summed E-state index contributed by atoms with van der Waals surface area (Å²) in [5.41, 5.74) is 0.326. The molecule has 5 N–H and O–H groups in total. The van der Waals surface area contributed by atoms with Gasteiger partial charge in [0.1, 0.15) is 42.3 Å². The highest BCUT2D eigenvalue weighted by atomic mass is 19.4. The molecule has 0 bridgehead atoms. The van der Waals surface area contributed by atoms with E-state index in [-0.39, 0.29) is 11.6 Å². The number of aliphatic hydroxyl groups excluding tert-OH is 4. The van der Waals surface area contributed by atoms with Crippen LogP contribution in [0.2, 0.25) is 0 Å². The minimum atomic E-state index is -4.45. The Balaban J connectivity index is 1.24. The van der Waals surface area contributed by atoms with E-state index in [2.05, 4.69) is 15.1 Å². The van der Waals surface area contributed by atoms with Gasteiger partial charge in [0.25, 0.3) is 0 Å². The molecule has 1 saturated heterocycles. The van der Waals surface area contributed by atoms with Crippen molar-refractivity contribution < 1.29 is 43.1 Å². The summed E-state index contributed by atoms with van der Waals surface area (Å²) in [6.07, 6.45) is -9.28. The molecule has 0 aliphatic carbocycles. The predicted molar refractivity (Wildman–Crippen MR) is 141 cm³/mol. The van der Waals surface area contributed by atoms with E-state index in [1.165, 1.54) is 29.7 Å². The van der Waals surface area contributed by atoms with Crippen molar-refractivity contribution >= 4 is 29.9 Å². The molecule has 2 aromatic rings. The van der Waals surface area contributed by atoms with Gasteiger partial charge in [0.05, 0.1) is 18.4 Å². The van der Waals surface area contributed by atoms with Crippen molar-refractivity contribution in [3.8, 4) is 5.75 Å². The summed E-state index contributed by atoms with van der Waals surface area (Å²) in [5.74, 6) is 0.806. The summed E-state index contributed by atoms with van der Waals surface area (Å²) in [5, 5.41) is 53.4. The molecule has 0 amide bonds.